The van der Waals surface area contributed by atoms with Crippen molar-refractivity contribution in [2.75, 3.05) is 0 Å². The number of halogens is 1. The van der Waals surface area contributed by atoms with Gasteiger partial charge in [0.1, 0.15) is 5.57 Å². The molecule has 0 heterocycles. The molecule has 1 aromatic rings. The molecule has 4 heteroatoms. The average Bonchev–Trinajstić information content (AvgIpc) is 2.15. The van der Waals surface area contributed by atoms with Gasteiger partial charge in [0.25, 0.3) is 0 Å². The summed E-state index contributed by atoms with van der Waals surface area (Å²) >= 11 is 5.83. The Labute approximate surface area is 92.0 Å². The topological polar surface area (TPSA) is 54.4 Å². The molecule has 3 nitrogen and oxygen atoms in total. The van der Waals surface area contributed by atoms with Crippen molar-refractivity contribution < 1.29 is 14.7 Å². The van der Waals surface area contributed by atoms with Gasteiger partial charge in [-0.1, -0.05) is 29.8 Å². The predicted molar refractivity (Wildman–Crippen MR) is 57.7 cm³/mol. The van der Waals surface area contributed by atoms with E-state index in [1.807, 2.05) is 0 Å². The lowest BCUT2D eigenvalue weighted by molar-refractivity contribution is -0.134. The Hall–Kier alpha value is -1.61. The average molecular weight is 225 g/mol. The first-order chi connectivity index (χ1) is 7.02. The Kier molecular flexibility index (Phi) is 3.63. The van der Waals surface area contributed by atoms with Gasteiger partial charge in [0.05, 0.1) is 0 Å². The second kappa shape index (κ2) is 4.75. The number of aliphatic carboxylic acids is 1. The van der Waals surface area contributed by atoms with Crippen LogP contribution >= 0.6 is 11.6 Å². The second-order valence-corrected chi connectivity index (χ2v) is 3.35. The number of rotatable bonds is 3. The summed E-state index contributed by atoms with van der Waals surface area (Å²) < 4.78 is 0. The lowest BCUT2D eigenvalue weighted by Crippen LogP contribution is -2.08. The molecule has 0 fully saturated rings. The number of carboxylic acid groups (broad SMARTS) is 1. The fourth-order valence-corrected chi connectivity index (χ4v) is 1.25. The zero-order valence-corrected chi connectivity index (χ0v) is 8.78. The third-order valence-electron chi connectivity index (χ3n) is 1.81. The zero-order chi connectivity index (χ0) is 11.4. The van der Waals surface area contributed by atoms with Gasteiger partial charge in [-0.3, -0.25) is 4.79 Å². The molecule has 0 amide bonds. The SMILES string of the molecule is CC(=O)C(=Cc1ccccc1Cl)C(=O)O. The van der Waals surface area contributed by atoms with E-state index in [1.54, 1.807) is 24.3 Å². The zero-order valence-electron chi connectivity index (χ0n) is 8.03. The molecule has 15 heavy (non-hydrogen) atoms. The highest BCUT2D eigenvalue weighted by Crippen LogP contribution is 2.18. The molecule has 0 unspecified atom stereocenters. The van der Waals surface area contributed by atoms with Gasteiger partial charge in [-0.2, -0.15) is 0 Å². The molecule has 0 saturated carbocycles. The van der Waals surface area contributed by atoms with Crippen LogP contribution < -0.4 is 0 Å². The summed E-state index contributed by atoms with van der Waals surface area (Å²) in [6, 6.07) is 6.73. The second-order valence-electron chi connectivity index (χ2n) is 2.94. The number of carboxylic acids is 1. The molecule has 0 spiro atoms. The van der Waals surface area contributed by atoms with Crippen molar-refractivity contribution in [1.82, 2.24) is 0 Å². The third-order valence-corrected chi connectivity index (χ3v) is 2.16. The van der Waals surface area contributed by atoms with Crippen molar-refractivity contribution in [2.24, 2.45) is 0 Å². The molecule has 1 rings (SSSR count). The molecule has 0 aliphatic carbocycles. The third kappa shape index (κ3) is 2.92. The van der Waals surface area contributed by atoms with E-state index >= 15 is 0 Å². The van der Waals surface area contributed by atoms with Crippen LogP contribution in [0.15, 0.2) is 29.8 Å². The normalized spacial score (nSPS) is 11.2. The monoisotopic (exact) mass is 224 g/mol. The van der Waals surface area contributed by atoms with Crippen LogP contribution in [0.4, 0.5) is 0 Å². The molecule has 0 radical (unpaired) electrons. The molecule has 78 valence electrons. The highest BCUT2D eigenvalue weighted by Gasteiger charge is 2.12. The van der Waals surface area contributed by atoms with Gasteiger partial charge in [-0.05, 0) is 24.6 Å². The number of ketones is 1. The number of carbonyl (C=O) groups is 2. The van der Waals surface area contributed by atoms with Crippen LogP contribution in [0.25, 0.3) is 6.08 Å². The van der Waals surface area contributed by atoms with Crippen molar-refractivity contribution in [3.8, 4) is 0 Å². The Morgan fingerprint density at radius 1 is 1.33 bits per heavy atom. The Balaban J connectivity index is 3.19. The van der Waals surface area contributed by atoms with Crippen LogP contribution in [-0.4, -0.2) is 16.9 Å². The summed E-state index contributed by atoms with van der Waals surface area (Å²) in [6.45, 7) is 1.21. The summed E-state index contributed by atoms with van der Waals surface area (Å²) in [5.41, 5.74) is 0.245. The molecule has 0 aliphatic rings. The summed E-state index contributed by atoms with van der Waals surface area (Å²) in [5.74, 6) is -1.75. The molecule has 0 atom stereocenters. The molecule has 0 saturated heterocycles. The maximum atomic E-state index is 11.0. The van der Waals surface area contributed by atoms with Crippen LogP contribution in [-0.2, 0) is 9.59 Å². The Morgan fingerprint density at radius 2 is 1.93 bits per heavy atom. The number of benzene rings is 1. The van der Waals surface area contributed by atoms with Crippen molar-refractivity contribution in [2.45, 2.75) is 6.92 Å². The number of carbonyl (C=O) groups excluding carboxylic acids is 1. The van der Waals surface area contributed by atoms with Crippen molar-refractivity contribution >= 4 is 29.4 Å². The van der Waals surface area contributed by atoms with Crippen molar-refractivity contribution in [3.05, 3.63) is 40.4 Å². The fraction of sp³-hybridized carbons (Fsp3) is 0.0909. The van der Waals surface area contributed by atoms with E-state index in [4.69, 9.17) is 16.7 Å². The van der Waals surface area contributed by atoms with Gasteiger partial charge in [0, 0.05) is 5.02 Å². The smallest absolute Gasteiger partial charge is 0.339 e. The molecule has 1 N–H and O–H groups in total. The van der Waals surface area contributed by atoms with E-state index in [-0.39, 0.29) is 5.57 Å². The van der Waals surface area contributed by atoms with Crippen LogP contribution in [0.3, 0.4) is 0 Å². The summed E-state index contributed by atoms with van der Waals surface area (Å²) in [6.07, 6.45) is 1.27. The Morgan fingerprint density at radius 3 is 2.40 bits per heavy atom. The van der Waals surface area contributed by atoms with Gasteiger partial charge in [0.15, 0.2) is 5.78 Å². The maximum Gasteiger partial charge on any atom is 0.339 e. The van der Waals surface area contributed by atoms with E-state index in [2.05, 4.69) is 0 Å². The lowest BCUT2D eigenvalue weighted by Gasteiger charge is -1.99. The minimum atomic E-state index is -1.25. The minimum absolute atomic E-state index is 0.275. The predicted octanol–water partition coefficient (Wildman–Crippen LogP) is 2.40. The van der Waals surface area contributed by atoms with Gasteiger partial charge in [-0.25, -0.2) is 4.79 Å². The first-order valence-corrected chi connectivity index (χ1v) is 4.60. The van der Waals surface area contributed by atoms with Gasteiger partial charge < -0.3 is 5.11 Å². The van der Waals surface area contributed by atoms with Crippen LogP contribution in [0.2, 0.25) is 5.02 Å². The van der Waals surface area contributed by atoms with Crippen LogP contribution in [0, 0.1) is 0 Å². The highest BCUT2D eigenvalue weighted by atomic mass is 35.5. The maximum absolute atomic E-state index is 11.0. The van der Waals surface area contributed by atoms with Crippen molar-refractivity contribution in [3.63, 3.8) is 0 Å². The number of hydrogen-bond acceptors (Lipinski definition) is 2. The quantitative estimate of drug-likeness (QED) is 0.487. The summed E-state index contributed by atoms with van der Waals surface area (Å²) in [7, 11) is 0. The highest BCUT2D eigenvalue weighted by molar-refractivity contribution is 6.32. The standard InChI is InChI=1S/C11H9ClO3/c1-7(13)9(11(14)15)6-8-4-2-3-5-10(8)12/h2-6H,1H3,(H,14,15). The first kappa shape index (κ1) is 11.5. The first-order valence-electron chi connectivity index (χ1n) is 4.23. The van der Waals surface area contributed by atoms with Crippen LogP contribution in [0.1, 0.15) is 12.5 Å². The molecular formula is C11H9ClO3. The number of hydrogen-bond donors (Lipinski definition) is 1. The molecular weight excluding hydrogens is 216 g/mol. The fourth-order valence-electron chi connectivity index (χ4n) is 1.06. The van der Waals surface area contributed by atoms with Gasteiger partial charge in [0.2, 0.25) is 0 Å². The van der Waals surface area contributed by atoms with E-state index in [0.717, 1.165) is 0 Å². The minimum Gasteiger partial charge on any atom is -0.478 e. The summed E-state index contributed by atoms with van der Waals surface area (Å²) in [5, 5.41) is 9.18. The van der Waals surface area contributed by atoms with E-state index in [0.29, 0.717) is 10.6 Å². The molecule has 0 aliphatic heterocycles. The van der Waals surface area contributed by atoms with Gasteiger partial charge >= 0.3 is 5.97 Å². The van der Waals surface area contributed by atoms with E-state index < -0.39 is 11.8 Å². The molecule has 0 bridgehead atoms. The molecule has 0 aromatic heterocycles. The Bertz CT molecular complexity index is 419. The molecule has 1 aromatic carbocycles. The van der Waals surface area contributed by atoms with Gasteiger partial charge in [-0.15, -0.1) is 0 Å². The van der Waals surface area contributed by atoms with E-state index in [1.165, 1.54) is 13.0 Å². The largest absolute Gasteiger partial charge is 0.478 e. The number of Topliss-reactive ketones (excluding diaryl/α,β-unsaturated/α-hetero) is 1. The van der Waals surface area contributed by atoms with Crippen LogP contribution in [0.5, 0.6) is 0 Å². The summed E-state index contributed by atoms with van der Waals surface area (Å²) in [4.78, 5) is 21.7. The van der Waals surface area contributed by atoms with Crippen molar-refractivity contribution in [1.29, 1.82) is 0 Å². The lowest BCUT2D eigenvalue weighted by atomic mass is 10.1. The van der Waals surface area contributed by atoms with E-state index in [9.17, 15) is 9.59 Å².